The van der Waals surface area contributed by atoms with E-state index >= 15 is 0 Å². The van der Waals surface area contributed by atoms with Gasteiger partial charge in [-0.2, -0.15) is 0 Å². The summed E-state index contributed by atoms with van der Waals surface area (Å²) in [7, 11) is 3.16. The molecule has 1 aromatic carbocycles. The van der Waals surface area contributed by atoms with Crippen LogP contribution in [0.2, 0.25) is 0 Å². The van der Waals surface area contributed by atoms with Crippen LogP contribution in [0, 0.1) is 0 Å². The molecule has 1 atom stereocenters. The fraction of sp³-hybridized carbons (Fsp3) is 0.316. The number of likely N-dealkylation sites (tertiary alicyclic amines) is 1. The van der Waals surface area contributed by atoms with Gasteiger partial charge in [-0.3, -0.25) is 4.79 Å². The monoisotopic (exact) mass is 356 g/mol. The topological polar surface area (TPSA) is 89.0 Å². The van der Waals surface area contributed by atoms with Gasteiger partial charge in [0, 0.05) is 12.7 Å². The molecule has 2 heterocycles. The van der Waals surface area contributed by atoms with Crippen LogP contribution in [0.1, 0.15) is 45.3 Å². The van der Waals surface area contributed by atoms with Crippen LogP contribution >= 0.6 is 0 Å². The van der Waals surface area contributed by atoms with Gasteiger partial charge in [-0.25, -0.2) is 9.78 Å². The quantitative estimate of drug-likeness (QED) is 0.886. The first-order valence-corrected chi connectivity index (χ1v) is 8.27. The molecule has 2 aromatic rings. The highest BCUT2D eigenvalue weighted by Gasteiger charge is 2.31. The van der Waals surface area contributed by atoms with Gasteiger partial charge in [0.2, 0.25) is 0 Å². The highest BCUT2D eigenvalue weighted by atomic mass is 16.5. The first-order chi connectivity index (χ1) is 12.5. The standard InChI is InChI=1S/C19H20N2O5/c1-25-16-8-6-12(10-17(16)26-2)15-4-3-9-21(15)18(22)13-5-7-14(19(23)24)20-11-13/h5-8,10-11,15H,3-4,9H2,1-2H3,(H,23,24)/t15-/m1/s1. The largest absolute Gasteiger partial charge is 0.493 e. The van der Waals surface area contributed by atoms with Gasteiger partial charge in [-0.1, -0.05) is 6.07 Å². The SMILES string of the molecule is COc1ccc([C@H]2CCCN2C(=O)c2ccc(C(=O)O)nc2)cc1OC. The fourth-order valence-corrected chi connectivity index (χ4v) is 3.23. The zero-order valence-corrected chi connectivity index (χ0v) is 14.6. The van der Waals surface area contributed by atoms with Crippen molar-refractivity contribution in [1.82, 2.24) is 9.88 Å². The van der Waals surface area contributed by atoms with E-state index < -0.39 is 5.97 Å². The van der Waals surface area contributed by atoms with Crippen LogP contribution in [0.5, 0.6) is 11.5 Å². The molecule has 1 fully saturated rings. The van der Waals surface area contributed by atoms with Gasteiger partial charge in [0.05, 0.1) is 25.8 Å². The number of aromatic nitrogens is 1. The number of hydrogen-bond acceptors (Lipinski definition) is 5. The number of hydrogen-bond donors (Lipinski definition) is 1. The number of rotatable bonds is 5. The molecule has 0 aliphatic carbocycles. The fourth-order valence-electron chi connectivity index (χ4n) is 3.23. The van der Waals surface area contributed by atoms with Crippen molar-refractivity contribution in [2.24, 2.45) is 0 Å². The number of carbonyl (C=O) groups is 2. The molecule has 7 heteroatoms. The Kier molecular flexibility index (Phi) is 5.06. The Morgan fingerprint density at radius 3 is 2.54 bits per heavy atom. The Labute approximate surface area is 151 Å². The minimum atomic E-state index is -1.12. The Hall–Kier alpha value is -3.09. The summed E-state index contributed by atoms with van der Waals surface area (Å²) in [6.45, 7) is 0.637. The van der Waals surface area contributed by atoms with Crippen molar-refractivity contribution in [3.05, 3.63) is 53.3 Å². The number of carboxylic acids is 1. The third-order valence-corrected chi connectivity index (χ3v) is 4.54. The van der Waals surface area contributed by atoms with E-state index in [1.165, 1.54) is 18.3 Å². The molecule has 0 radical (unpaired) electrons. The Bertz CT molecular complexity index is 819. The van der Waals surface area contributed by atoms with E-state index in [0.29, 0.717) is 23.6 Å². The molecule has 1 aliphatic heterocycles. The molecule has 1 saturated heterocycles. The van der Waals surface area contributed by atoms with Gasteiger partial charge in [0.25, 0.3) is 5.91 Å². The smallest absolute Gasteiger partial charge is 0.354 e. The maximum absolute atomic E-state index is 12.9. The normalized spacial score (nSPS) is 16.4. The average Bonchev–Trinajstić information content (AvgIpc) is 3.16. The van der Waals surface area contributed by atoms with E-state index in [1.54, 1.807) is 19.1 Å². The van der Waals surface area contributed by atoms with Crippen molar-refractivity contribution < 1.29 is 24.2 Å². The maximum atomic E-state index is 12.9. The molecule has 1 aliphatic rings. The molecule has 0 saturated carbocycles. The molecule has 0 bridgehead atoms. The number of aromatic carboxylic acids is 1. The summed E-state index contributed by atoms with van der Waals surface area (Å²) in [5, 5.41) is 8.93. The molecule has 136 valence electrons. The van der Waals surface area contributed by atoms with Crippen molar-refractivity contribution in [2.75, 3.05) is 20.8 Å². The molecule has 1 N–H and O–H groups in total. The zero-order chi connectivity index (χ0) is 18.7. The second-order valence-electron chi connectivity index (χ2n) is 6.01. The lowest BCUT2D eigenvalue weighted by molar-refractivity contribution is 0.0685. The predicted octanol–water partition coefficient (Wildman–Crippen LogP) is 2.77. The number of pyridine rings is 1. The molecular weight excluding hydrogens is 336 g/mol. The number of carbonyl (C=O) groups excluding carboxylic acids is 1. The van der Waals surface area contributed by atoms with Crippen molar-refractivity contribution >= 4 is 11.9 Å². The van der Waals surface area contributed by atoms with E-state index in [-0.39, 0.29) is 17.6 Å². The summed E-state index contributed by atoms with van der Waals surface area (Å²) in [5.74, 6) is -0.0162. The lowest BCUT2D eigenvalue weighted by Crippen LogP contribution is -2.30. The summed E-state index contributed by atoms with van der Waals surface area (Å²) < 4.78 is 10.6. The number of nitrogens with zero attached hydrogens (tertiary/aromatic N) is 2. The van der Waals surface area contributed by atoms with Gasteiger partial charge >= 0.3 is 5.97 Å². The number of carboxylic acid groups (broad SMARTS) is 1. The molecule has 0 spiro atoms. The lowest BCUT2D eigenvalue weighted by Gasteiger charge is -2.25. The van der Waals surface area contributed by atoms with Crippen molar-refractivity contribution in [3.63, 3.8) is 0 Å². The highest BCUT2D eigenvalue weighted by Crippen LogP contribution is 2.37. The first-order valence-electron chi connectivity index (χ1n) is 8.27. The minimum Gasteiger partial charge on any atom is -0.493 e. The van der Waals surface area contributed by atoms with Crippen molar-refractivity contribution in [3.8, 4) is 11.5 Å². The first kappa shape index (κ1) is 17.7. The maximum Gasteiger partial charge on any atom is 0.354 e. The summed E-state index contributed by atoms with van der Waals surface area (Å²) in [6, 6.07) is 8.43. The van der Waals surface area contributed by atoms with E-state index in [2.05, 4.69) is 4.98 Å². The molecule has 1 amide bonds. The van der Waals surface area contributed by atoms with Crippen LogP contribution in [0.25, 0.3) is 0 Å². The summed E-state index contributed by atoms with van der Waals surface area (Å²) in [5.41, 5.74) is 1.27. The summed E-state index contributed by atoms with van der Waals surface area (Å²) in [4.78, 5) is 29.4. The van der Waals surface area contributed by atoms with Gasteiger partial charge in [-0.15, -0.1) is 0 Å². The number of benzene rings is 1. The average molecular weight is 356 g/mol. The Morgan fingerprint density at radius 1 is 1.15 bits per heavy atom. The Balaban J connectivity index is 1.85. The molecule has 0 unspecified atom stereocenters. The molecule has 3 rings (SSSR count). The van der Waals surface area contributed by atoms with Gasteiger partial charge in [-0.05, 0) is 42.7 Å². The van der Waals surface area contributed by atoms with Crippen LogP contribution in [0.3, 0.4) is 0 Å². The third kappa shape index (κ3) is 3.33. The van der Waals surface area contributed by atoms with Crippen LogP contribution in [0.15, 0.2) is 36.5 Å². The zero-order valence-electron chi connectivity index (χ0n) is 14.6. The minimum absolute atomic E-state index is 0.0681. The van der Waals surface area contributed by atoms with Gasteiger partial charge < -0.3 is 19.5 Å². The number of ether oxygens (including phenoxy) is 2. The number of methoxy groups -OCH3 is 2. The van der Waals surface area contributed by atoms with E-state index in [0.717, 1.165) is 18.4 Å². The van der Waals surface area contributed by atoms with E-state index in [4.69, 9.17) is 14.6 Å². The number of amides is 1. The van der Waals surface area contributed by atoms with Crippen molar-refractivity contribution in [2.45, 2.75) is 18.9 Å². The summed E-state index contributed by atoms with van der Waals surface area (Å²) in [6.07, 6.45) is 3.06. The lowest BCUT2D eigenvalue weighted by atomic mass is 10.0. The molecule has 1 aromatic heterocycles. The van der Waals surface area contributed by atoms with Crippen LogP contribution in [-0.4, -0.2) is 47.6 Å². The molecular formula is C19H20N2O5. The Morgan fingerprint density at radius 2 is 1.92 bits per heavy atom. The predicted molar refractivity (Wildman–Crippen MR) is 93.8 cm³/mol. The highest BCUT2D eigenvalue weighted by molar-refractivity contribution is 5.95. The third-order valence-electron chi connectivity index (χ3n) is 4.54. The van der Waals surface area contributed by atoms with E-state index in [1.807, 2.05) is 18.2 Å². The van der Waals surface area contributed by atoms with Crippen molar-refractivity contribution in [1.29, 1.82) is 0 Å². The van der Waals surface area contributed by atoms with Gasteiger partial charge in [0.15, 0.2) is 11.5 Å². The van der Waals surface area contributed by atoms with Crippen LogP contribution in [0.4, 0.5) is 0 Å². The van der Waals surface area contributed by atoms with Crippen LogP contribution < -0.4 is 9.47 Å². The second kappa shape index (κ2) is 7.43. The second-order valence-corrected chi connectivity index (χ2v) is 6.01. The van der Waals surface area contributed by atoms with E-state index in [9.17, 15) is 9.59 Å². The summed E-state index contributed by atoms with van der Waals surface area (Å²) >= 11 is 0. The van der Waals surface area contributed by atoms with Crippen LogP contribution in [-0.2, 0) is 0 Å². The van der Waals surface area contributed by atoms with Gasteiger partial charge in [0.1, 0.15) is 5.69 Å². The molecule has 26 heavy (non-hydrogen) atoms. The molecule has 7 nitrogen and oxygen atoms in total.